The number of nitrogens with one attached hydrogen (secondary N) is 1. The molecule has 0 radical (unpaired) electrons. The molecule has 2 rings (SSSR count). The average molecular weight is 256 g/mol. The number of aliphatic hydroxyl groups is 1. The van der Waals surface area contributed by atoms with Crippen LogP contribution in [0.2, 0.25) is 0 Å². The maximum atomic E-state index is 14.0. The van der Waals surface area contributed by atoms with E-state index in [0.717, 1.165) is 0 Å². The van der Waals surface area contributed by atoms with E-state index in [4.69, 9.17) is 5.11 Å². The van der Waals surface area contributed by atoms with Crippen LogP contribution in [0.15, 0.2) is 30.3 Å². The van der Waals surface area contributed by atoms with Gasteiger partial charge in [-0.05, 0) is 5.56 Å². The average Bonchev–Trinajstić information content (AvgIpc) is 2.41. The van der Waals surface area contributed by atoms with Crippen molar-refractivity contribution < 1.29 is 13.9 Å². The summed E-state index contributed by atoms with van der Waals surface area (Å²) in [5, 5.41) is 12.1. The van der Waals surface area contributed by atoms with Crippen LogP contribution in [0.25, 0.3) is 0 Å². The van der Waals surface area contributed by atoms with E-state index in [-0.39, 0.29) is 0 Å². The number of hydrogen-bond donors (Lipinski definition) is 2. The van der Waals surface area contributed by atoms with Crippen molar-refractivity contribution in [1.29, 1.82) is 0 Å². The van der Waals surface area contributed by atoms with Crippen LogP contribution in [0.5, 0.6) is 0 Å². The van der Waals surface area contributed by atoms with Crippen molar-refractivity contribution in [3.8, 4) is 0 Å². The minimum atomic E-state index is -3.13. The maximum absolute atomic E-state index is 14.0. The van der Waals surface area contributed by atoms with Gasteiger partial charge in [-0.1, -0.05) is 30.3 Å². The van der Waals surface area contributed by atoms with E-state index in [1.54, 1.807) is 35.2 Å². The Labute approximate surface area is 105 Å². The van der Waals surface area contributed by atoms with Crippen LogP contribution in [0.3, 0.4) is 0 Å². The van der Waals surface area contributed by atoms with E-state index in [9.17, 15) is 8.78 Å². The number of halogens is 2. The smallest absolute Gasteiger partial charge is 0.289 e. The SMILES string of the molecule is OCC(F)(F)[C@@H](c1ccccc1)N1CCNCC1. The molecule has 1 saturated heterocycles. The highest BCUT2D eigenvalue weighted by molar-refractivity contribution is 5.21. The van der Waals surface area contributed by atoms with Crippen molar-refractivity contribution in [2.24, 2.45) is 0 Å². The molecule has 1 heterocycles. The summed E-state index contributed by atoms with van der Waals surface area (Å²) in [7, 11) is 0. The van der Waals surface area contributed by atoms with Gasteiger partial charge in [0.1, 0.15) is 12.6 Å². The van der Waals surface area contributed by atoms with Gasteiger partial charge in [0.15, 0.2) is 0 Å². The van der Waals surface area contributed by atoms with Gasteiger partial charge in [0, 0.05) is 26.2 Å². The molecule has 3 nitrogen and oxygen atoms in total. The van der Waals surface area contributed by atoms with E-state index >= 15 is 0 Å². The lowest BCUT2D eigenvalue weighted by Crippen LogP contribution is -2.51. The minimum absolute atomic E-state index is 0.554. The second kappa shape index (κ2) is 5.73. The lowest BCUT2D eigenvalue weighted by atomic mass is 9.98. The third kappa shape index (κ3) is 2.85. The number of rotatable bonds is 4. The Morgan fingerprint density at radius 1 is 1.22 bits per heavy atom. The van der Waals surface area contributed by atoms with Crippen LogP contribution in [0.1, 0.15) is 11.6 Å². The van der Waals surface area contributed by atoms with Crippen LogP contribution in [0.4, 0.5) is 8.78 Å². The van der Waals surface area contributed by atoms with Crippen LogP contribution in [-0.4, -0.2) is 48.7 Å². The van der Waals surface area contributed by atoms with E-state index in [1.165, 1.54) is 0 Å². The highest BCUT2D eigenvalue weighted by Crippen LogP contribution is 2.36. The molecule has 0 unspecified atom stereocenters. The van der Waals surface area contributed by atoms with Gasteiger partial charge in [-0.3, -0.25) is 4.90 Å². The quantitative estimate of drug-likeness (QED) is 0.851. The molecule has 18 heavy (non-hydrogen) atoms. The van der Waals surface area contributed by atoms with Crippen LogP contribution < -0.4 is 5.32 Å². The van der Waals surface area contributed by atoms with Crippen molar-refractivity contribution in [2.75, 3.05) is 32.8 Å². The zero-order valence-corrected chi connectivity index (χ0v) is 10.1. The van der Waals surface area contributed by atoms with Gasteiger partial charge in [0.2, 0.25) is 0 Å². The van der Waals surface area contributed by atoms with Gasteiger partial charge in [0.05, 0.1) is 0 Å². The third-order valence-corrected chi connectivity index (χ3v) is 3.24. The number of hydrogen-bond acceptors (Lipinski definition) is 3. The molecule has 1 atom stereocenters. The lowest BCUT2D eigenvalue weighted by molar-refractivity contribution is -0.118. The molecule has 1 fully saturated rings. The Balaban J connectivity index is 2.28. The molecule has 1 aliphatic heterocycles. The van der Waals surface area contributed by atoms with Gasteiger partial charge >= 0.3 is 0 Å². The number of aliphatic hydroxyl groups excluding tert-OH is 1. The van der Waals surface area contributed by atoms with E-state index < -0.39 is 18.6 Å². The molecule has 0 spiro atoms. The molecule has 5 heteroatoms. The Hall–Kier alpha value is -1.04. The number of nitrogens with zero attached hydrogens (tertiary/aromatic N) is 1. The Bertz CT molecular complexity index is 367. The lowest BCUT2D eigenvalue weighted by Gasteiger charge is -2.38. The third-order valence-electron chi connectivity index (χ3n) is 3.24. The molecule has 0 aliphatic carbocycles. The summed E-state index contributed by atoms with van der Waals surface area (Å²) in [6, 6.07) is 7.63. The zero-order chi connectivity index (χ0) is 13.0. The van der Waals surface area contributed by atoms with Crippen molar-refractivity contribution in [3.63, 3.8) is 0 Å². The van der Waals surface area contributed by atoms with E-state index in [0.29, 0.717) is 31.7 Å². The zero-order valence-electron chi connectivity index (χ0n) is 10.1. The molecular formula is C13H18F2N2O. The van der Waals surface area contributed by atoms with Crippen LogP contribution in [0, 0.1) is 0 Å². The first kappa shape index (κ1) is 13.4. The summed E-state index contributed by atoms with van der Waals surface area (Å²) in [4.78, 5) is 1.74. The van der Waals surface area contributed by atoms with Crippen molar-refractivity contribution in [2.45, 2.75) is 12.0 Å². The monoisotopic (exact) mass is 256 g/mol. The first-order chi connectivity index (χ1) is 8.65. The molecule has 0 bridgehead atoms. The summed E-state index contributed by atoms with van der Waals surface area (Å²) in [6.07, 6.45) is 0. The molecule has 1 aromatic carbocycles. The summed E-state index contributed by atoms with van der Waals surface area (Å²) in [5.74, 6) is -3.13. The predicted octanol–water partition coefficient (Wildman–Crippen LogP) is 1.26. The topological polar surface area (TPSA) is 35.5 Å². The van der Waals surface area contributed by atoms with E-state index in [2.05, 4.69) is 5.32 Å². The minimum Gasteiger partial charge on any atom is -0.390 e. The van der Waals surface area contributed by atoms with Gasteiger partial charge in [0.25, 0.3) is 5.92 Å². The maximum Gasteiger partial charge on any atom is 0.289 e. The Kier molecular flexibility index (Phi) is 4.27. The van der Waals surface area contributed by atoms with Gasteiger partial charge in [-0.25, -0.2) is 8.78 Å². The second-order valence-corrected chi connectivity index (χ2v) is 4.52. The first-order valence-corrected chi connectivity index (χ1v) is 6.13. The molecular weight excluding hydrogens is 238 g/mol. The molecule has 100 valence electrons. The van der Waals surface area contributed by atoms with E-state index in [1.807, 2.05) is 0 Å². The Morgan fingerprint density at radius 2 is 1.83 bits per heavy atom. The largest absolute Gasteiger partial charge is 0.390 e. The number of alkyl halides is 2. The van der Waals surface area contributed by atoms with Gasteiger partial charge in [-0.2, -0.15) is 0 Å². The fraction of sp³-hybridized carbons (Fsp3) is 0.538. The van der Waals surface area contributed by atoms with Crippen molar-refractivity contribution >= 4 is 0 Å². The van der Waals surface area contributed by atoms with Crippen LogP contribution in [-0.2, 0) is 0 Å². The fourth-order valence-electron chi connectivity index (χ4n) is 2.38. The number of piperazine rings is 1. The summed E-state index contributed by atoms with van der Waals surface area (Å²) >= 11 is 0. The molecule has 1 aliphatic rings. The van der Waals surface area contributed by atoms with Crippen molar-refractivity contribution in [1.82, 2.24) is 10.2 Å². The van der Waals surface area contributed by atoms with Gasteiger partial charge in [-0.15, -0.1) is 0 Å². The first-order valence-electron chi connectivity index (χ1n) is 6.13. The summed E-state index contributed by atoms with van der Waals surface area (Å²) in [5.41, 5.74) is 0.554. The predicted molar refractivity (Wildman–Crippen MR) is 65.7 cm³/mol. The molecule has 2 N–H and O–H groups in total. The number of benzene rings is 1. The molecule has 0 amide bonds. The second-order valence-electron chi connectivity index (χ2n) is 4.52. The fourth-order valence-corrected chi connectivity index (χ4v) is 2.38. The standard InChI is InChI=1S/C13H18F2N2O/c14-13(15,10-18)12(11-4-2-1-3-5-11)17-8-6-16-7-9-17/h1-5,12,16,18H,6-10H2/t12-/m1/s1. The summed E-state index contributed by atoms with van der Waals surface area (Å²) in [6.45, 7) is 1.40. The highest BCUT2D eigenvalue weighted by atomic mass is 19.3. The summed E-state index contributed by atoms with van der Waals surface area (Å²) < 4.78 is 28.0. The van der Waals surface area contributed by atoms with Crippen LogP contribution >= 0.6 is 0 Å². The van der Waals surface area contributed by atoms with Crippen molar-refractivity contribution in [3.05, 3.63) is 35.9 Å². The molecule has 0 saturated carbocycles. The molecule has 0 aromatic heterocycles. The van der Waals surface area contributed by atoms with Gasteiger partial charge < -0.3 is 10.4 Å². The Morgan fingerprint density at radius 3 is 2.39 bits per heavy atom. The normalized spacial score (nSPS) is 19.7. The highest BCUT2D eigenvalue weighted by Gasteiger charge is 2.43. The molecule has 1 aromatic rings.